The molecule has 196 valence electrons. The Kier molecular flexibility index (Phi) is 7.06. The van der Waals surface area contributed by atoms with Crippen molar-refractivity contribution in [2.24, 2.45) is 50.7 Å². The maximum absolute atomic E-state index is 2.90. The summed E-state index contributed by atoms with van der Waals surface area (Å²) in [6.45, 7) is 46.3. The fraction of sp³-hybridized carbons (Fsp3) is 1.00. The third kappa shape index (κ3) is 3.71. The van der Waals surface area contributed by atoms with Gasteiger partial charge in [-0.3, -0.25) is 4.90 Å². The molecule has 1 saturated carbocycles. The molecule has 0 amide bonds. The molecule has 0 radical (unpaired) electrons. The molecule has 2 fully saturated rings. The van der Waals surface area contributed by atoms with Crippen LogP contribution >= 0.6 is 0 Å². The summed E-state index contributed by atoms with van der Waals surface area (Å²) in [4.78, 5) is 2.90. The van der Waals surface area contributed by atoms with E-state index in [-0.39, 0.29) is 32.7 Å². The van der Waals surface area contributed by atoms with E-state index in [1.807, 2.05) is 0 Å². The summed E-state index contributed by atoms with van der Waals surface area (Å²) in [5.41, 5.74) is 1.25. The van der Waals surface area contributed by atoms with Crippen LogP contribution in [0.15, 0.2) is 0 Å². The lowest BCUT2D eigenvalue weighted by atomic mass is 9.35. The molecule has 0 aromatic carbocycles. The van der Waals surface area contributed by atoms with Crippen molar-refractivity contribution in [1.82, 2.24) is 4.90 Å². The van der Waals surface area contributed by atoms with Crippen LogP contribution in [0.1, 0.15) is 137 Å². The molecular weight excluding hydrogens is 398 g/mol. The minimum absolute atomic E-state index is 0.0713. The van der Waals surface area contributed by atoms with Gasteiger partial charge in [0.15, 0.2) is 0 Å². The number of likely N-dealkylation sites (tertiary alicyclic amines) is 1. The van der Waals surface area contributed by atoms with Crippen LogP contribution in [0.3, 0.4) is 0 Å². The average molecular weight is 462 g/mol. The Bertz CT molecular complexity index is 646. The van der Waals surface area contributed by atoms with E-state index in [9.17, 15) is 0 Å². The maximum atomic E-state index is 2.90. The normalized spacial score (nSPS) is 41.5. The van der Waals surface area contributed by atoms with E-state index < -0.39 is 0 Å². The van der Waals surface area contributed by atoms with Crippen molar-refractivity contribution in [1.29, 1.82) is 0 Å². The van der Waals surface area contributed by atoms with E-state index in [0.717, 1.165) is 5.92 Å². The van der Waals surface area contributed by atoms with Crippen LogP contribution in [0.25, 0.3) is 0 Å². The summed E-state index contributed by atoms with van der Waals surface area (Å²) in [5.74, 6) is 2.74. The van der Waals surface area contributed by atoms with E-state index >= 15 is 0 Å². The highest BCUT2D eigenvalue weighted by Gasteiger charge is 2.72. The zero-order valence-electron chi connectivity index (χ0n) is 26.2. The SMILES string of the molecule is CC1CC(C)C2(C(C)CC(C)N(C(C)(C)C)C(C)(C)C2(C)C)C(C)(C)C(C)(C)C1C(C)(C)C. The molecular formula is C32H63N. The lowest BCUT2D eigenvalue weighted by Crippen LogP contribution is -2.70. The second-order valence-corrected chi connectivity index (χ2v) is 16.9. The molecule has 1 saturated heterocycles. The zero-order valence-corrected chi connectivity index (χ0v) is 26.2. The molecule has 33 heavy (non-hydrogen) atoms. The standard InChI is InChI=1S/C32H63N/c1-21-19-22(2)32(29(13,14)28(11,12)25(21)26(5,6)7)23(3)20-24(4)33(27(8,9)10)31(17,18)30(32,15)16/h21-25H,19-20H2,1-18H3. The highest BCUT2D eigenvalue weighted by molar-refractivity contribution is 5.22. The third-order valence-corrected chi connectivity index (χ3v) is 12.2. The largest absolute Gasteiger partial charge is 0.290 e. The minimum atomic E-state index is 0.0713. The van der Waals surface area contributed by atoms with Gasteiger partial charge in [-0.15, -0.1) is 0 Å². The van der Waals surface area contributed by atoms with Gasteiger partial charge in [0, 0.05) is 17.1 Å². The van der Waals surface area contributed by atoms with Crippen molar-refractivity contribution in [3.8, 4) is 0 Å². The van der Waals surface area contributed by atoms with Gasteiger partial charge in [0.25, 0.3) is 0 Å². The lowest BCUT2D eigenvalue weighted by molar-refractivity contribution is -0.223. The maximum Gasteiger partial charge on any atom is 0.0217 e. The van der Waals surface area contributed by atoms with Crippen molar-refractivity contribution >= 4 is 0 Å². The zero-order chi connectivity index (χ0) is 26.4. The average Bonchev–Trinajstić information content (AvgIpc) is 2.56. The van der Waals surface area contributed by atoms with Gasteiger partial charge in [0.1, 0.15) is 0 Å². The van der Waals surface area contributed by atoms with E-state index in [0.29, 0.717) is 29.2 Å². The van der Waals surface area contributed by atoms with Gasteiger partial charge in [-0.1, -0.05) is 83.1 Å². The highest BCUT2D eigenvalue weighted by Crippen LogP contribution is 2.76. The van der Waals surface area contributed by atoms with Crippen molar-refractivity contribution in [3.05, 3.63) is 0 Å². The molecule has 2 aliphatic rings. The van der Waals surface area contributed by atoms with Crippen LogP contribution in [0.5, 0.6) is 0 Å². The van der Waals surface area contributed by atoms with E-state index in [2.05, 4.69) is 130 Å². The quantitative estimate of drug-likeness (QED) is 0.347. The molecule has 0 bridgehead atoms. The summed E-state index contributed by atoms with van der Waals surface area (Å²) in [6, 6.07) is 0.568. The fourth-order valence-corrected chi connectivity index (χ4v) is 11.8. The van der Waals surface area contributed by atoms with Gasteiger partial charge < -0.3 is 0 Å². The molecule has 6 unspecified atom stereocenters. The Hall–Kier alpha value is -0.0400. The van der Waals surface area contributed by atoms with Crippen LogP contribution < -0.4 is 0 Å². The molecule has 0 aromatic rings. The Morgan fingerprint density at radius 1 is 0.636 bits per heavy atom. The van der Waals surface area contributed by atoms with Gasteiger partial charge >= 0.3 is 0 Å². The van der Waals surface area contributed by atoms with Crippen molar-refractivity contribution in [2.45, 2.75) is 155 Å². The molecule has 2 rings (SSSR count). The smallest absolute Gasteiger partial charge is 0.0217 e. The van der Waals surface area contributed by atoms with Gasteiger partial charge in [0.2, 0.25) is 0 Å². The van der Waals surface area contributed by atoms with Gasteiger partial charge in [-0.25, -0.2) is 0 Å². The topological polar surface area (TPSA) is 3.24 Å². The Morgan fingerprint density at radius 2 is 1.06 bits per heavy atom. The number of hydrogen-bond acceptors (Lipinski definition) is 1. The van der Waals surface area contributed by atoms with Crippen LogP contribution in [0.4, 0.5) is 0 Å². The van der Waals surface area contributed by atoms with Crippen molar-refractivity contribution in [2.75, 3.05) is 0 Å². The number of nitrogens with zero attached hydrogens (tertiary/aromatic N) is 1. The molecule has 1 heteroatoms. The monoisotopic (exact) mass is 461 g/mol. The second-order valence-electron chi connectivity index (χ2n) is 16.9. The Morgan fingerprint density at radius 3 is 1.45 bits per heavy atom. The third-order valence-electron chi connectivity index (χ3n) is 12.2. The first-order valence-electron chi connectivity index (χ1n) is 14.1. The molecule has 0 N–H and O–H groups in total. The van der Waals surface area contributed by atoms with Crippen LogP contribution in [-0.2, 0) is 0 Å². The highest BCUT2D eigenvalue weighted by atomic mass is 15.3. The molecule has 1 nitrogen and oxygen atoms in total. The van der Waals surface area contributed by atoms with Crippen LogP contribution in [-0.4, -0.2) is 22.0 Å². The first-order valence-corrected chi connectivity index (χ1v) is 14.1. The number of rotatable bonds is 0. The van der Waals surface area contributed by atoms with Crippen molar-refractivity contribution in [3.63, 3.8) is 0 Å². The summed E-state index contributed by atoms with van der Waals surface area (Å²) in [7, 11) is 0. The van der Waals surface area contributed by atoms with E-state index in [1.54, 1.807) is 0 Å². The summed E-state index contributed by atoms with van der Waals surface area (Å²) in [5, 5.41) is 0. The summed E-state index contributed by atoms with van der Waals surface area (Å²) >= 11 is 0. The van der Waals surface area contributed by atoms with Gasteiger partial charge in [-0.05, 0) is 105 Å². The fourth-order valence-electron chi connectivity index (χ4n) is 11.8. The Balaban J connectivity index is 3.00. The molecule has 1 aliphatic carbocycles. The lowest BCUT2D eigenvalue weighted by Gasteiger charge is -2.70. The molecule has 1 spiro atoms. The minimum Gasteiger partial charge on any atom is -0.290 e. The molecule has 1 heterocycles. The second kappa shape index (κ2) is 7.98. The van der Waals surface area contributed by atoms with Gasteiger partial charge in [-0.2, -0.15) is 0 Å². The Labute approximate surface area is 210 Å². The predicted octanol–water partition coefficient (Wildman–Crippen LogP) is 9.70. The first-order chi connectivity index (χ1) is 14.3. The van der Waals surface area contributed by atoms with Gasteiger partial charge in [0.05, 0.1) is 0 Å². The molecule has 0 aromatic heterocycles. The van der Waals surface area contributed by atoms with Crippen LogP contribution in [0.2, 0.25) is 0 Å². The predicted molar refractivity (Wildman–Crippen MR) is 149 cm³/mol. The molecule has 6 atom stereocenters. The first kappa shape index (κ1) is 29.2. The number of hydrogen-bond donors (Lipinski definition) is 0. The van der Waals surface area contributed by atoms with Crippen LogP contribution in [0, 0.1) is 50.7 Å². The summed E-state index contributed by atoms with van der Waals surface area (Å²) < 4.78 is 0. The van der Waals surface area contributed by atoms with E-state index in [4.69, 9.17) is 0 Å². The molecule has 1 aliphatic heterocycles. The summed E-state index contributed by atoms with van der Waals surface area (Å²) in [6.07, 6.45) is 2.62. The van der Waals surface area contributed by atoms with Crippen molar-refractivity contribution < 1.29 is 0 Å². The van der Waals surface area contributed by atoms with E-state index in [1.165, 1.54) is 12.8 Å².